The minimum atomic E-state index is 0.145. The Balaban J connectivity index is 1.46. The van der Waals surface area contributed by atoms with Gasteiger partial charge < -0.3 is 15.1 Å². The van der Waals surface area contributed by atoms with E-state index in [-0.39, 0.29) is 11.9 Å². The van der Waals surface area contributed by atoms with Gasteiger partial charge in [-0.3, -0.25) is 4.79 Å². The SMILES string of the molecule is CCCCCc1ccc(C(=O)N(Cc2ccc(Nc3cc(C)ccn3)cc2)C2CCN(CCC(C)C)CC2)cc1. The number of piperidine rings is 1. The monoisotopic (exact) mass is 540 g/mol. The van der Waals surface area contributed by atoms with Crippen LogP contribution < -0.4 is 5.32 Å². The Morgan fingerprint density at radius 2 is 1.70 bits per heavy atom. The minimum absolute atomic E-state index is 0.145. The van der Waals surface area contributed by atoms with Crippen LogP contribution in [-0.2, 0) is 13.0 Å². The Hall–Kier alpha value is -3.18. The van der Waals surface area contributed by atoms with E-state index in [1.54, 1.807) is 0 Å². The second-order valence-corrected chi connectivity index (χ2v) is 11.9. The molecule has 1 N–H and O–H groups in total. The lowest BCUT2D eigenvalue weighted by Gasteiger charge is -2.39. The lowest BCUT2D eigenvalue weighted by Crippen LogP contribution is -2.47. The van der Waals surface area contributed by atoms with Gasteiger partial charge in [-0.25, -0.2) is 4.98 Å². The van der Waals surface area contributed by atoms with Crippen LogP contribution in [0.15, 0.2) is 66.9 Å². The number of anilines is 2. The van der Waals surface area contributed by atoms with Gasteiger partial charge in [-0.05, 0) is 105 Å². The van der Waals surface area contributed by atoms with Crippen molar-refractivity contribution < 1.29 is 4.79 Å². The maximum atomic E-state index is 13.9. The molecule has 1 aliphatic rings. The molecule has 214 valence electrons. The Labute approximate surface area is 242 Å². The highest BCUT2D eigenvalue weighted by Crippen LogP contribution is 2.24. The molecule has 0 aliphatic carbocycles. The number of unbranched alkanes of at least 4 members (excludes halogenated alkanes) is 2. The number of nitrogens with zero attached hydrogens (tertiary/aromatic N) is 3. The molecule has 1 saturated heterocycles. The van der Waals surface area contributed by atoms with Crippen LogP contribution in [0.3, 0.4) is 0 Å². The van der Waals surface area contributed by atoms with Gasteiger partial charge in [-0.15, -0.1) is 0 Å². The van der Waals surface area contributed by atoms with Gasteiger partial charge in [0.2, 0.25) is 0 Å². The summed E-state index contributed by atoms with van der Waals surface area (Å²) in [6.45, 7) is 12.8. The van der Waals surface area contributed by atoms with Crippen LogP contribution in [0.5, 0.6) is 0 Å². The topological polar surface area (TPSA) is 48.5 Å². The third-order valence-electron chi connectivity index (χ3n) is 8.05. The number of amides is 1. The predicted molar refractivity (Wildman–Crippen MR) is 167 cm³/mol. The number of aromatic nitrogens is 1. The highest BCUT2D eigenvalue weighted by molar-refractivity contribution is 5.94. The van der Waals surface area contributed by atoms with E-state index < -0.39 is 0 Å². The van der Waals surface area contributed by atoms with Crippen LogP contribution >= 0.6 is 0 Å². The molecule has 0 spiro atoms. The number of hydrogen-bond acceptors (Lipinski definition) is 4. The van der Waals surface area contributed by atoms with E-state index in [0.29, 0.717) is 6.54 Å². The zero-order valence-electron chi connectivity index (χ0n) is 25.0. The third kappa shape index (κ3) is 8.92. The third-order valence-corrected chi connectivity index (χ3v) is 8.05. The van der Waals surface area contributed by atoms with Gasteiger partial charge in [0.25, 0.3) is 5.91 Å². The average molecular weight is 541 g/mol. The molecule has 2 heterocycles. The van der Waals surface area contributed by atoms with Gasteiger partial charge in [0.15, 0.2) is 0 Å². The van der Waals surface area contributed by atoms with Crippen molar-refractivity contribution in [1.82, 2.24) is 14.8 Å². The molecule has 2 aromatic carbocycles. The first-order chi connectivity index (χ1) is 19.4. The number of hydrogen-bond donors (Lipinski definition) is 1. The van der Waals surface area contributed by atoms with E-state index in [1.165, 1.54) is 36.8 Å². The van der Waals surface area contributed by atoms with Gasteiger partial charge >= 0.3 is 0 Å². The van der Waals surface area contributed by atoms with Gasteiger partial charge in [0.1, 0.15) is 5.82 Å². The van der Waals surface area contributed by atoms with Crippen molar-refractivity contribution >= 4 is 17.4 Å². The first-order valence-electron chi connectivity index (χ1n) is 15.3. The van der Waals surface area contributed by atoms with Gasteiger partial charge in [-0.1, -0.05) is 57.9 Å². The zero-order chi connectivity index (χ0) is 28.3. The maximum absolute atomic E-state index is 13.9. The molecular formula is C35H48N4O. The summed E-state index contributed by atoms with van der Waals surface area (Å²) in [5.74, 6) is 1.71. The summed E-state index contributed by atoms with van der Waals surface area (Å²) in [4.78, 5) is 23.1. The summed E-state index contributed by atoms with van der Waals surface area (Å²) < 4.78 is 0. The summed E-state index contributed by atoms with van der Waals surface area (Å²) in [7, 11) is 0. The number of carbonyl (C=O) groups is 1. The van der Waals surface area contributed by atoms with E-state index in [9.17, 15) is 4.79 Å². The van der Waals surface area contributed by atoms with E-state index in [4.69, 9.17) is 0 Å². The predicted octanol–water partition coefficient (Wildman–Crippen LogP) is 8.02. The van der Waals surface area contributed by atoms with Crippen LogP contribution in [0.1, 0.15) is 86.3 Å². The number of rotatable bonds is 13. The van der Waals surface area contributed by atoms with Crippen molar-refractivity contribution in [3.05, 3.63) is 89.1 Å². The summed E-state index contributed by atoms with van der Waals surface area (Å²) in [6.07, 6.45) is 9.87. The molecule has 1 aliphatic heterocycles. The first kappa shape index (κ1) is 29.8. The Morgan fingerprint density at radius 1 is 1.00 bits per heavy atom. The molecule has 3 aromatic rings. The lowest BCUT2D eigenvalue weighted by molar-refractivity contribution is 0.0546. The number of aryl methyl sites for hydroxylation is 2. The molecule has 0 bridgehead atoms. The van der Waals surface area contributed by atoms with Gasteiger partial charge in [0.05, 0.1) is 0 Å². The normalized spacial score (nSPS) is 14.4. The summed E-state index contributed by atoms with van der Waals surface area (Å²) in [5.41, 5.74) is 5.44. The fourth-order valence-electron chi connectivity index (χ4n) is 5.46. The van der Waals surface area contributed by atoms with Crippen molar-refractivity contribution in [2.75, 3.05) is 25.0 Å². The largest absolute Gasteiger partial charge is 0.340 e. The second-order valence-electron chi connectivity index (χ2n) is 11.9. The van der Waals surface area contributed by atoms with Crippen molar-refractivity contribution in [3.8, 4) is 0 Å². The molecule has 0 unspecified atom stereocenters. The van der Waals surface area contributed by atoms with E-state index in [0.717, 1.165) is 67.4 Å². The Bertz CT molecular complexity index is 1180. The lowest BCUT2D eigenvalue weighted by atomic mass is 9.99. The molecule has 4 rings (SSSR count). The average Bonchev–Trinajstić information content (AvgIpc) is 2.96. The van der Waals surface area contributed by atoms with Crippen LogP contribution in [0, 0.1) is 12.8 Å². The van der Waals surface area contributed by atoms with E-state index in [1.807, 2.05) is 30.5 Å². The number of benzene rings is 2. The molecule has 1 aromatic heterocycles. The summed E-state index contributed by atoms with van der Waals surface area (Å²) >= 11 is 0. The van der Waals surface area contributed by atoms with Crippen LogP contribution in [-0.4, -0.2) is 46.4 Å². The highest BCUT2D eigenvalue weighted by Gasteiger charge is 2.29. The van der Waals surface area contributed by atoms with Crippen LogP contribution in [0.25, 0.3) is 0 Å². The molecule has 5 heteroatoms. The minimum Gasteiger partial charge on any atom is -0.340 e. The fourth-order valence-corrected chi connectivity index (χ4v) is 5.46. The fraction of sp³-hybridized carbons (Fsp3) is 0.486. The molecule has 0 radical (unpaired) electrons. The smallest absolute Gasteiger partial charge is 0.254 e. The molecule has 1 fully saturated rings. The Morgan fingerprint density at radius 3 is 2.35 bits per heavy atom. The summed E-state index contributed by atoms with van der Waals surface area (Å²) in [5, 5.41) is 3.39. The van der Waals surface area contributed by atoms with Crippen LogP contribution in [0.2, 0.25) is 0 Å². The molecule has 40 heavy (non-hydrogen) atoms. The Kier molecular flexibility index (Phi) is 11.2. The summed E-state index contributed by atoms with van der Waals surface area (Å²) in [6, 6.07) is 21.1. The number of carbonyl (C=O) groups excluding carboxylic acids is 1. The number of nitrogens with one attached hydrogen (secondary N) is 1. The maximum Gasteiger partial charge on any atom is 0.254 e. The molecule has 1 amide bonds. The number of pyridine rings is 1. The van der Waals surface area contributed by atoms with E-state index in [2.05, 4.69) is 84.2 Å². The van der Waals surface area contributed by atoms with Crippen molar-refractivity contribution in [3.63, 3.8) is 0 Å². The van der Waals surface area contributed by atoms with Gasteiger partial charge in [0, 0.05) is 43.1 Å². The van der Waals surface area contributed by atoms with Crippen molar-refractivity contribution in [2.24, 2.45) is 5.92 Å². The standard InChI is InChI=1S/C35H48N4O/c1-5-6-7-8-29-9-13-31(14-10-29)35(40)39(33-19-23-38(24-20-33)22-18-27(2)3)26-30-11-15-32(16-12-30)37-34-25-28(4)17-21-36-34/h9-17,21,25,27,33H,5-8,18-20,22-24,26H2,1-4H3,(H,36,37). The van der Waals surface area contributed by atoms with Crippen LogP contribution in [0.4, 0.5) is 11.5 Å². The zero-order valence-corrected chi connectivity index (χ0v) is 25.0. The van der Waals surface area contributed by atoms with Crippen molar-refractivity contribution in [1.29, 1.82) is 0 Å². The van der Waals surface area contributed by atoms with Gasteiger partial charge in [-0.2, -0.15) is 0 Å². The van der Waals surface area contributed by atoms with E-state index >= 15 is 0 Å². The molecular weight excluding hydrogens is 492 g/mol. The molecule has 0 saturated carbocycles. The highest BCUT2D eigenvalue weighted by atomic mass is 16.2. The second kappa shape index (κ2) is 15.0. The first-order valence-corrected chi connectivity index (χ1v) is 15.3. The molecule has 0 atom stereocenters. The van der Waals surface area contributed by atoms with Crippen molar-refractivity contribution in [2.45, 2.75) is 85.2 Å². The molecule has 5 nitrogen and oxygen atoms in total. The quantitative estimate of drug-likeness (QED) is 0.223. The number of likely N-dealkylation sites (tertiary alicyclic amines) is 1.